The lowest BCUT2D eigenvalue weighted by molar-refractivity contribution is -0.133. The highest BCUT2D eigenvalue weighted by Crippen LogP contribution is 2.30. The minimum atomic E-state index is 0.246. The molecule has 2 aliphatic heterocycles. The molecule has 0 aromatic carbocycles. The van der Waals surface area contributed by atoms with E-state index < -0.39 is 0 Å². The van der Waals surface area contributed by atoms with Crippen molar-refractivity contribution in [3.05, 3.63) is 11.3 Å². The molecule has 1 saturated heterocycles. The summed E-state index contributed by atoms with van der Waals surface area (Å²) >= 11 is 0. The Balaban J connectivity index is 2.37. The topological polar surface area (TPSA) is 32.3 Å². The Hall–Kier alpha value is -0.990. The van der Waals surface area contributed by atoms with Crippen molar-refractivity contribution in [1.29, 1.82) is 0 Å². The predicted octanol–water partition coefficient (Wildman–Crippen LogP) is 2.49. The van der Waals surface area contributed by atoms with E-state index in [9.17, 15) is 4.79 Å². The van der Waals surface area contributed by atoms with E-state index >= 15 is 0 Å². The Morgan fingerprint density at radius 3 is 2.47 bits per heavy atom. The van der Waals surface area contributed by atoms with E-state index in [0.29, 0.717) is 11.8 Å². The summed E-state index contributed by atoms with van der Waals surface area (Å²) in [6.45, 7) is 9.47. The van der Waals surface area contributed by atoms with Crippen molar-refractivity contribution < 1.29 is 4.79 Å². The van der Waals surface area contributed by atoms with Crippen LogP contribution < -0.4 is 5.32 Å². The Morgan fingerprint density at radius 1 is 1.18 bits per heavy atom. The van der Waals surface area contributed by atoms with Gasteiger partial charge in [-0.1, -0.05) is 27.7 Å². The van der Waals surface area contributed by atoms with Gasteiger partial charge in [-0.25, -0.2) is 0 Å². The van der Waals surface area contributed by atoms with Crippen LogP contribution >= 0.6 is 0 Å². The normalized spacial score (nSPS) is 25.4. The molecule has 1 fully saturated rings. The van der Waals surface area contributed by atoms with Gasteiger partial charge in [-0.15, -0.1) is 0 Å². The maximum Gasteiger partial charge on any atom is 0.253 e. The number of hydrogen-bond acceptors (Lipinski definition) is 2. The lowest BCUT2D eigenvalue weighted by Crippen LogP contribution is -2.56. The summed E-state index contributed by atoms with van der Waals surface area (Å²) in [5.74, 6) is 0.975. The zero-order valence-corrected chi connectivity index (χ0v) is 11.4. The molecular formula is C14H24N2O. The number of amides is 1. The molecule has 0 aromatic heterocycles. The summed E-state index contributed by atoms with van der Waals surface area (Å²) in [4.78, 5) is 14.6. The lowest BCUT2D eigenvalue weighted by Gasteiger charge is -2.43. The third-order valence-electron chi connectivity index (χ3n) is 3.76. The SMILES string of the molecule is CC(C)C1=C(C(C)C)C(=O)N2CCCCC2N1. The fourth-order valence-corrected chi connectivity index (χ4v) is 2.89. The summed E-state index contributed by atoms with van der Waals surface area (Å²) in [7, 11) is 0. The van der Waals surface area contributed by atoms with Gasteiger partial charge in [0.2, 0.25) is 0 Å². The highest BCUT2D eigenvalue weighted by molar-refractivity contribution is 5.95. The first-order chi connectivity index (χ1) is 8.02. The third-order valence-corrected chi connectivity index (χ3v) is 3.76. The molecule has 0 aromatic rings. The van der Waals surface area contributed by atoms with Crippen LogP contribution in [0.5, 0.6) is 0 Å². The van der Waals surface area contributed by atoms with E-state index in [2.05, 4.69) is 33.0 Å². The first-order valence-electron chi connectivity index (χ1n) is 6.84. The number of nitrogens with one attached hydrogen (secondary N) is 1. The maximum absolute atomic E-state index is 12.5. The number of rotatable bonds is 2. The summed E-state index contributed by atoms with van der Waals surface area (Å²) in [6.07, 6.45) is 3.71. The molecule has 2 aliphatic rings. The van der Waals surface area contributed by atoms with Crippen LogP contribution in [0.1, 0.15) is 47.0 Å². The summed E-state index contributed by atoms with van der Waals surface area (Å²) in [6, 6.07) is 0. The smallest absolute Gasteiger partial charge is 0.253 e. The van der Waals surface area contributed by atoms with Gasteiger partial charge in [-0.3, -0.25) is 4.79 Å². The highest BCUT2D eigenvalue weighted by atomic mass is 16.2. The number of carbonyl (C=O) groups is 1. The Kier molecular flexibility index (Phi) is 3.45. The molecule has 1 atom stereocenters. The van der Waals surface area contributed by atoms with Crippen molar-refractivity contribution in [1.82, 2.24) is 10.2 Å². The summed E-state index contributed by atoms with van der Waals surface area (Å²) in [5, 5.41) is 3.60. The summed E-state index contributed by atoms with van der Waals surface area (Å²) in [5.41, 5.74) is 2.17. The van der Waals surface area contributed by atoms with E-state index in [4.69, 9.17) is 0 Å². The fraction of sp³-hybridized carbons (Fsp3) is 0.786. The van der Waals surface area contributed by atoms with Crippen LogP contribution in [-0.2, 0) is 4.79 Å². The van der Waals surface area contributed by atoms with Gasteiger partial charge in [-0.05, 0) is 31.1 Å². The molecule has 96 valence electrons. The van der Waals surface area contributed by atoms with Crippen LogP contribution in [-0.4, -0.2) is 23.5 Å². The molecule has 2 heterocycles. The van der Waals surface area contributed by atoms with E-state index in [-0.39, 0.29) is 12.1 Å². The van der Waals surface area contributed by atoms with Crippen LogP contribution in [0, 0.1) is 11.8 Å². The van der Waals surface area contributed by atoms with Crippen molar-refractivity contribution in [2.45, 2.75) is 53.1 Å². The number of carbonyl (C=O) groups excluding carboxylic acids is 1. The van der Waals surface area contributed by atoms with Crippen molar-refractivity contribution in [2.24, 2.45) is 11.8 Å². The van der Waals surface area contributed by atoms with Crippen LogP contribution in [0.15, 0.2) is 11.3 Å². The minimum absolute atomic E-state index is 0.246. The summed E-state index contributed by atoms with van der Waals surface area (Å²) < 4.78 is 0. The zero-order chi connectivity index (χ0) is 12.6. The molecule has 0 bridgehead atoms. The van der Waals surface area contributed by atoms with Gasteiger partial charge in [0.1, 0.15) is 6.17 Å². The standard InChI is InChI=1S/C14H24N2O/c1-9(2)12-13(10(3)4)15-11-7-5-6-8-16(11)14(12)17/h9-11,15H,5-8H2,1-4H3. The van der Waals surface area contributed by atoms with Gasteiger partial charge in [-0.2, -0.15) is 0 Å². The minimum Gasteiger partial charge on any atom is -0.368 e. The molecule has 0 spiro atoms. The van der Waals surface area contributed by atoms with Crippen LogP contribution in [0.2, 0.25) is 0 Å². The maximum atomic E-state index is 12.5. The molecule has 0 radical (unpaired) electrons. The Labute approximate surface area is 104 Å². The van der Waals surface area contributed by atoms with E-state index in [1.54, 1.807) is 0 Å². The molecule has 2 rings (SSSR count). The van der Waals surface area contributed by atoms with Crippen LogP contribution in [0.25, 0.3) is 0 Å². The average molecular weight is 236 g/mol. The van der Waals surface area contributed by atoms with Gasteiger partial charge >= 0.3 is 0 Å². The molecule has 0 aliphatic carbocycles. The number of nitrogens with zero attached hydrogens (tertiary/aromatic N) is 1. The molecule has 1 amide bonds. The lowest BCUT2D eigenvalue weighted by atomic mass is 9.90. The third kappa shape index (κ3) is 2.20. The molecule has 17 heavy (non-hydrogen) atoms. The van der Waals surface area contributed by atoms with Gasteiger partial charge in [0.25, 0.3) is 5.91 Å². The zero-order valence-electron chi connectivity index (χ0n) is 11.4. The second kappa shape index (κ2) is 4.71. The van der Waals surface area contributed by atoms with Crippen molar-refractivity contribution >= 4 is 5.91 Å². The van der Waals surface area contributed by atoms with Crippen molar-refractivity contribution in [3.63, 3.8) is 0 Å². The Bertz CT molecular complexity index is 344. The van der Waals surface area contributed by atoms with Gasteiger partial charge < -0.3 is 10.2 Å². The number of fused-ring (bicyclic) bond motifs is 1. The largest absolute Gasteiger partial charge is 0.368 e. The van der Waals surface area contributed by atoms with Crippen LogP contribution in [0.4, 0.5) is 0 Å². The van der Waals surface area contributed by atoms with E-state index in [1.807, 2.05) is 4.90 Å². The highest BCUT2D eigenvalue weighted by Gasteiger charge is 2.36. The molecule has 3 heteroatoms. The first kappa shape index (κ1) is 12.5. The van der Waals surface area contributed by atoms with Crippen LogP contribution in [0.3, 0.4) is 0 Å². The molecular weight excluding hydrogens is 212 g/mol. The first-order valence-corrected chi connectivity index (χ1v) is 6.84. The van der Waals surface area contributed by atoms with Gasteiger partial charge in [0.15, 0.2) is 0 Å². The van der Waals surface area contributed by atoms with Gasteiger partial charge in [0, 0.05) is 17.8 Å². The van der Waals surface area contributed by atoms with Crippen molar-refractivity contribution in [2.75, 3.05) is 6.54 Å². The van der Waals surface area contributed by atoms with E-state index in [1.165, 1.54) is 12.1 Å². The monoisotopic (exact) mass is 236 g/mol. The molecule has 1 N–H and O–H groups in total. The van der Waals surface area contributed by atoms with Gasteiger partial charge in [0.05, 0.1) is 0 Å². The second-order valence-corrected chi connectivity index (χ2v) is 5.79. The Morgan fingerprint density at radius 2 is 1.88 bits per heavy atom. The van der Waals surface area contributed by atoms with E-state index in [0.717, 1.165) is 25.0 Å². The number of allylic oxidation sites excluding steroid dienone is 1. The average Bonchev–Trinajstić information content (AvgIpc) is 2.28. The fourth-order valence-electron chi connectivity index (χ4n) is 2.89. The second-order valence-electron chi connectivity index (χ2n) is 5.79. The number of hydrogen-bond donors (Lipinski definition) is 1. The molecule has 0 saturated carbocycles. The molecule has 3 nitrogen and oxygen atoms in total. The van der Waals surface area contributed by atoms with Crippen molar-refractivity contribution in [3.8, 4) is 0 Å². The number of piperidine rings is 1. The molecule has 1 unspecified atom stereocenters. The predicted molar refractivity (Wildman–Crippen MR) is 69.2 cm³/mol. The quantitative estimate of drug-likeness (QED) is 0.799.